The molecule has 3 N–H and O–H groups in total. The van der Waals surface area contributed by atoms with Crippen molar-refractivity contribution in [1.82, 2.24) is 0 Å². The predicted molar refractivity (Wildman–Crippen MR) is 81.2 cm³/mol. The standard InChI is InChI=1S/C15H15FN2O3S/c16-12-4-1-11(2-5-12)3-10-15(19)18-13-6-8-14(9-7-13)22(17,20)21/h1-2,4-9H,3,10H2,(H,18,19)(H2,17,20,21). The summed E-state index contributed by atoms with van der Waals surface area (Å²) in [5.74, 6) is -0.532. The van der Waals surface area contributed by atoms with E-state index in [1.54, 1.807) is 12.1 Å². The Balaban J connectivity index is 1.90. The Hall–Kier alpha value is -2.25. The van der Waals surface area contributed by atoms with E-state index in [0.29, 0.717) is 12.1 Å². The number of hydrogen-bond donors (Lipinski definition) is 2. The van der Waals surface area contributed by atoms with Crippen LogP contribution >= 0.6 is 0 Å². The van der Waals surface area contributed by atoms with Crippen molar-refractivity contribution in [2.45, 2.75) is 17.7 Å². The highest BCUT2D eigenvalue weighted by Gasteiger charge is 2.08. The van der Waals surface area contributed by atoms with E-state index in [9.17, 15) is 17.6 Å². The number of nitrogens with one attached hydrogen (secondary N) is 1. The van der Waals surface area contributed by atoms with Gasteiger partial charge in [-0.15, -0.1) is 0 Å². The number of amides is 1. The second kappa shape index (κ2) is 6.67. The van der Waals surface area contributed by atoms with Crippen LogP contribution in [0.4, 0.5) is 10.1 Å². The number of carbonyl (C=O) groups excluding carboxylic acids is 1. The average molecular weight is 322 g/mol. The fourth-order valence-electron chi connectivity index (χ4n) is 1.86. The fourth-order valence-corrected chi connectivity index (χ4v) is 2.38. The molecule has 5 nitrogen and oxygen atoms in total. The van der Waals surface area contributed by atoms with E-state index in [2.05, 4.69) is 5.32 Å². The van der Waals surface area contributed by atoms with Gasteiger partial charge in [0.15, 0.2) is 0 Å². The van der Waals surface area contributed by atoms with E-state index in [1.807, 2.05) is 0 Å². The molecule has 0 heterocycles. The van der Waals surface area contributed by atoms with Gasteiger partial charge in [0.2, 0.25) is 15.9 Å². The molecule has 2 aromatic carbocycles. The molecule has 0 saturated carbocycles. The maximum absolute atomic E-state index is 12.8. The summed E-state index contributed by atoms with van der Waals surface area (Å²) in [7, 11) is -3.74. The third-order valence-electron chi connectivity index (χ3n) is 3.02. The summed E-state index contributed by atoms with van der Waals surface area (Å²) in [4.78, 5) is 11.8. The number of aryl methyl sites for hydroxylation is 1. The molecule has 0 aliphatic carbocycles. The van der Waals surface area contributed by atoms with Crippen LogP contribution in [0.2, 0.25) is 0 Å². The first-order chi connectivity index (χ1) is 10.3. The number of anilines is 1. The molecule has 0 bridgehead atoms. The van der Waals surface area contributed by atoms with Crippen molar-refractivity contribution >= 4 is 21.6 Å². The lowest BCUT2D eigenvalue weighted by Crippen LogP contribution is -2.14. The second-order valence-electron chi connectivity index (χ2n) is 4.74. The van der Waals surface area contributed by atoms with Crippen LogP contribution in [0, 0.1) is 5.82 Å². The molecule has 0 aromatic heterocycles. The lowest BCUT2D eigenvalue weighted by molar-refractivity contribution is -0.116. The van der Waals surface area contributed by atoms with Crippen molar-refractivity contribution in [2.75, 3.05) is 5.32 Å². The molecule has 7 heteroatoms. The maximum Gasteiger partial charge on any atom is 0.238 e. The van der Waals surface area contributed by atoms with Crippen LogP contribution in [0.25, 0.3) is 0 Å². The van der Waals surface area contributed by atoms with E-state index in [0.717, 1.165) is 5.56 Å². The summed E-state index contributed by atoms with van der Waals surface area (Å²) in [5.41, 5.74) is 1.35. The van der Waals surface area contributed by atoms with Gasteiger partial charge in [-0.25, -0.2) is 17.9 Å². The van der Waals surface area contributed by atoms with Crippen molar-refractivity contribution in [3.05, 3.63) is 59.9 Å². The van der Waals surface area contributed by atoms with Gasteiger partial charge in [0, 0.05) is 12.1 Å². The fraction of sp³-hybridized carbons (Fsp3) is 0.133. The number of sulfonamides is 1. The molecule has 0 unspecified atom stereocenters. The number of primary sulfonamides is 1. The van der Waals surface area contributed by atoms with Crippen LogP contribution in [0.1, 0.15) is 12.0 Å². The molecule has 0 atom stereocenters. The minimum Gasteiger partial charge on any atom is -0.326 e. The van der Waals surface area contributed by atoms with Crippen LogP contribution in [-0.2, 0) is 21.2 Å². The van der Waals surface area contributed by atoms with Crippen molar-refractivity contribution in [2.24, 2.45) is 5.14 Å². The zero-order valence-corrected chi connectivity index (χ0v) is 12.4. The number of rotatable bonds is 5. The SMILES string of the molecule is NS(=O)(=O)c1ccc(NC(=O)CCc2ccc(F)cc2)cc1. The summed E-state index contributed by atoms with van der Waals surface area (Å²) in [6, 6.07) is 11.5. The molecule has 0 aliphatic heterocycles. The number of halogens is 1. The Morgan fingerprint density at radius 3 is 2.18 bits per heavy atom. The molecule has 0 saturated heterocycles. The van der Waals surface area contributed by atoms with Crippen LogP contribution < -0.4 is 10.5 Å². The lowest BCUT2D eigenvalue weighted by atomic mass is 10.1. The molecule has 2 aromatic rings. The summed E-state index contributed by atoms with van der Waals surface area (Å²) in [5, 5.41) is 7.64. The smallest absolute Gasteiger partial charge is 0.238 e. The first-order valence-electron chi connectivity index (χ1n) is 6.52. The van der Waals surface area contributed by atoms with Crippen molar-refractivity contribution in [3.8, 4) is 0 Å². The highest BCUT2D eigenvalue weighted by molar-refractivity contribution is 7.89. The topological polar surface area (TPSA) is 89.3 Å². The molecule has 22 heavy (non-hydrogen) atoms. The predicted octanol–water partition coefficient (Wildman–Crippen LogP) is 2.04. The number of hydrogen-bond acceptors (Lipinski definition) is 3. The molecule has 0 aliphatic rings. The van der Waals surface area contributed by atoms with Gasteiger partial charge in [-0.2, -0.15) is 0 Å². The van der Waals surface area contributed by atoms with Crippen LogP contribution in [0.15, 0.2) is 53.4 Å². The van der Waals surface area contributed by atoms with Gasteiger partial charge < -0.3 is 5.32 Å². The largest absolute Gasteiger partial charge is 0.326 e. The lowest BCUT2D eigenvalue weighted by Gasteiger charge is -2.06. The Labute approximate surface area is 128 Å². The quantitative estimate of drug-likeness (QED) is 0.883. The van der Waals surface area contributed by atoms with E-state index in [1.165, 1.54) is 36.4 Å². The van der Waals surface area contributed by atoms with E-state index in [4.69, 9.17) is 5.14 Å². The zero-order valence-electron chi connectivity index (χ0n) is 11.6. The molecule has 0 radical (unpaired) electrons. The van der Waals surface area contributed by atoms with Crippen molar-refractivity contribution in [3.63, 3.8) is 0 Å². The van der Waals surface area contributed by atoms with Gasteiger partial charge >= 0.3 is 0 Å². The average Bonchev–Trinajstić information content (AvgIpc) is 2.46. The van der Waals surface area contributed by atoms with Gasteiger partial charge in [0.05, 0.1) is 4.90 Å². The zero-order chi connectivity index (χ0) is 16.2. The molecular weight excluding hydrogens is 307 g/mol. The number of nitrogens with two attached hydrogens (primary N) is 1. The highest BCUT2D eigenvalue weighted by atomic mass is 32.2. The molecule has 1 amide bonds. The Kier molecular flexibility index (Phi) is 4.89. The second-order valence-corrected chi connectivity index (χ2v) is 6.31. The van der Waals surface area contributed by atoms with Crippen LogP contribution in [0.5, 0.6) is 0 Å². The van der Waals surface area contributed by atoms with Crippen LogP contribution in [-0.4, -0.2) is 14.3 Å². The molecule has 116 valence electrons. The minimum atomic E-state index is -3.74. The third kappa shape index (κ3) is 4.64. The van der Waals surface area contributed by atoms with Gasteiger partial charge in [-0.05, 0) is 48.4 Å². The van der Waals surface area contributed by atoms with Gasteiger partial charge in [-0.3, -0.25) is 4.79 Å². The third-order valence-corrected chi connectivity index (χ3v) is 3.95. The van der Waals surface area contributed by atoms with Crippen molar-refractivity contribution in [1.29, 1.82) is 0 Å². The van der Waals surface area contributed by atoms with Crippen LogP contribution in [0.3, 0.4) is 0 Å². The van der Waals surface area contributed by atoms with Gasteiger partial charge in [0.1, 0.15) is 5.82 Å². The molecule has 0 fully saturated rings. The summed E-state index contributed by atoms with van der Waals surface area (Å²) in [6.45, 7) is 0. The summed E-state index contributed by atoms with van der Waals surface area (Å²) >= 11 is 0. The number of carbonyl (C=O) groups is 1. The van der Waals surface area contributed by atoms with E-state index >= 15 is 0 Å². The van der Waals surface area contributed by atoms with E-state index in [-0.39, 0.29) is 23.0 Å². The minimum absolute atomic E-state index is 0.0168. The Morgan fingerprint density at radius 2 is 1.64 bits per heavy atom. The normalized spacial score (nSPS) is 11.2. The van der Waals surface area contributed by atoms with Gasteiger partial charge in [-0.1, -0.05) is 12.1 Å². The first kappa shape index (κ1) is 16.1. The van der Waals surface area contributed by atoms with E-state index < -0.39 is 10.0 Å². The summed E-state index contributed by atoms with van der Waals surface area (Å²) < 4.78 is 35.0. The first-order valence-corrected chi connectivity index (χ1v) is 8.06. The van der Waals surface area contributed by atoms with Crippen molar-refractivity contribution < 1.29 is 17.6 Å². The summed E-state index contributed by atoms with van der Waals surface area (Å²) in [6.07, 6.45) is 0.726. The maximum atomic E-state index is 12.8. The molecular formula is C15H15FN2O3S. The number of benzene rings is 2. The van der Waals surface area contributed by atoms with Gasteiger partial charge in [0.25, 0.3) is 0 Å². The monoisotopic (exact) mass is 322 g/mol. The molecule has 0 spiro atoms. The Bertz CT molecular complexity index is 756. The highest BCUT2D eigenvalue weighted by Crippen LogP contribution is 2.13. The Morgan fingerprint density at radius 1 is 1.05 bits per heavy atom. The molecule has 2 rings (SSSR count).